The van der Waals surface area contributed by atoms with Gasteiger partial charge in [0.2, 0.25) is 0 Å². The number of aliphatic hydroxyl groups excluding tert-OH is 1. The van der Waals surface area contributed by atoms with Gasteiger partial charge in [-0.15, -0.1) is 0 Å². The number of aryl methyl sites for hydroxylation is 1. The lowest BCUT2D eigenvalue weighted by molar-refractivity contribution is -0.140. The lowest BCUT2D eigenvalue weighted by Gasteiger charge is -2.25. The molecule has 2 aromatic rings. The molecule has 1 unspecified atom stereocenters. The molecular weight excluding hydrogens is 361 g/mol. The molecule has 3 rings (SSSR count). The molecule has 1 aliphatic heterocycles. The van der Waals surface area contributed by atoms with Crippen molar-refractivity contribution in [3.05, 3.63) is 76.6 Å². The number of carbonyl (C=O) groups is 2. The summed E-state index contributed by atoms with van der Waals surface area (Å²) in [4.78, 5) is 26.7. The van der Waals surface area contributed by atoms with Gasteiger partial charge < -0.3 is 14.7 Å². The highest BCUT2D eigenvalue weighted by molar-refractivity contribution is 6.46. The predicted molar refractivity (Wildman–Crippen MR) is 103 cm³/mol. The summed E-state index contributed by atoms with van der Waals surface area (Å²) in [5, 5.41) is 10.8. The molecule has 2 aromatic carbocycles. The molecule has 0 radical (unpaired) electrons. The maximum absolute atomic E-state index is 14.6. The number of halogens is 1. The SMILES string of the molecule is COCCCN1C(=O)C(=O)C(=C(O)c2ccc(C)cc2)C1c1ccccc1F. The highest BCUT2D eigenvalue weighted by atomic mass is 19.1. The van der Waals surface area contributed by atoms with Gasteiger partial charge >= 0.3 is 0 Å². The lowest BCUT2D eigenvalue weighted by Crippen LogP contribution is -2.31. The second-order valence-corrected chi connectivity index (χ2v) is 6.73. The number of ketones is 1. The number of aliphatic hydroxyl groups is 1. The van der Waals surface area contributed by atoms with Crippen molar-refractivity contribution in [2.45, 2.75) is 19.4 Å². The van der Waals surface area contributed by atoms with E-state index in [9.17, 15) is 19.1 Å². The number of Topliss-reactive ketones (excluding diaryl/α,β-unsaturated/α-hetero) is 1. The zero-order valence-corrected chi connectivity index (χ0v) is 15.8. The Morgan fingerprint density at radius 1 is 1.14 bits per heavy atom. The number of nitrogens with zero attached hydrogens (tertiary/aromatic N) is 1. The Balaban J connectivity index is 2.14. The van der Waals surface area contributed by atoms with Gasteiger partial charge in [-0.05, 0) is 19.4 Å². The average molecular weight is 383 g/mol. The van der Waals surface area contributed by atoms with Gasteiger partial charge in [0.25, 0.3) is 11.7 Å². The second kappa shape index (κ2) is 8.35. The molecule has 1 heterocycles. The summed E-state index contributed by atoms with van der Waals surface area (Å²) in [6.07, 6.45) is 0.485. The van der Waals surface area contributed by atoms with Gasteiger partial charge in [-0.2, -0.15) is 0 Å². The van der Waals surface area contributed by atoms with Crippen LogP contribution in [-0.4, -0.2) is 42.0 Å². The molecule has 1 saturated heterocycles. The second-order valence-electron chi connectivity index (χ2n) is 6.73. The van der Waals surface area contributed by atoms with E-state index in [2.05, 4.69) is 0 Å². The van der Waals surface area contributed by atoms with Gasteiger partial charge in [0.15, 0.2) is 0 Å². The fourth-order valence-corrected chi connectivity index (χ4v) is 3.38. The topological polar surface area (TPSA) is 66.8 Å². The van der Waals surface area contributed by atoms with E-state index in [0.29, 0.717) is 18.6 Å². The van der Waals surface area contributed by atoms with Crippen molar-refractivity contribution in [2.24, 2.45) is 0 Å². The number of ether oxygens (including phenoxy) is 1. The first kappa shape index (κ1) is 19.8. The van der Waals surface area contributed by atoms with Crippen LogP contribution in [0.3, 0.4) is 0 Å². The first-order valence-electron chi connectivity index (χ1n) is 9.04. The Morgan fingerprint density at radius 2 is 1.82 bits per heavy atom. The fourth-order valence-electron chi connectivity index (χ4n) is 3.38. The Kier molecular flexibility index (Phi) is 5.90. The van der Waals surface area contributed by atoms with Crippen LogP contribution in [0.1, 0.15) is 29.2 Å². The van der Waals surface area contributed by atoms with Crippen molar-refractivity contribution in [1.82, 2.24) is 4.90 Å². The highest BCUT2D eigenvalue weighted by Crippen LogP contribution is 2.40. The van der Waals surface area contributed by atoms with Crippen LogP contribution in [-0.2, 0) is 14.3 Å². The number of rotatable bonds is 6. The summed E-state index contributed by atoms with van der Waals surface area (Å²) >= 11 is 0. The quantitative estimate of drug-likeness (QED) is 0.358. The monoisotopic (exact) mass is 383 g/mol. The summed E-state index contributed by atoms with van der Waals surface area (Å²) in [6.45, 7) is 2.50. The Bertz CT molecular complexity index is 920. The van der Waals surface area contributed by atoms with Gasteiger partial charge in [-0.3, -0.25) is 9.59 Å². The number of carbonyl (C=O) groups excluding carboxylic acids is 2. The molecule has 1 fully saturated rings. The first-order valence-corrected chi connectivity index (χ1v) is 9.04. The smallest absolute Gasteiger partial charge is 0.295 e. The molecular formula is C22H22FNO4. The van der Waals surface area contributed by atoms with Crippen molar-refractivity contribution in [1.29, 1.82) is 0 Å². The maximum Gasteiger partial charge on any atom is 0.295 e. The summed E-state index contributed by atoms with van der Waals surface area (Å²) in [5.74, 6) is -2.41. The minimum atomic E-state index is -0.987. The normalized spacial score (nSPS) is 18.7. The van der Waals surface area contributed by atoms with Crippen LogP contribution in [0.4, 0.5) is 4.39 Å². The Morgan fingerprint density at radius 3 is 2.46 bits per heavy atom. The van der Waals surface area contributed by atoms with E-state index in [1.807, 2.05) is 6.92 Å². The van der Waals surface area contributed by atoms with Crippen molar-refractivity contribution >= 4 is 17.4 Å². The number of hydrogen-bond acceptors (Lipinski definition) is 4. The molecule has 0 bridgehead atoms. The van der Waals surface area contributed by atoms with Crippen molar-refractivity contribution in [3.8, 4) is 0 Å². The van der Waals surface area contributed by atoms with E-state index in [1.165, 1.54) is 23.1 Å². The van der Waals surface area contributed by atoms with E-state index in [4.69, 9.17) is 4.74 Å². The van der Waals surface area contributed by atoms with Gasteiger partial charge in [0.05, 0.1) is 11.6 Å². The van der Waals surface area contributed by atoms with Crippen LogP contribution in [0, 0.1) is 12.7 Å². The maximum atomic E-state index is 14.6. The number of methoxy groups -OCH3 is 1. The average Bonchev–Trinajstić information content (AvgIpc) is 2.93. The minimum absolute atomic E-state index is 0.101. The number of hydrogen-bond donors (Lipinski definition) is 1. The van der Waals surface area contributed by atoms with Crippen LogP contribution >= 0.6 is 0 Å². The molecule has 1 aliphatic rings. The standard InChI is InChI=1S/C22H22FNO4/c1-14-8-10-15(11-9-14)20(25)18-19(16-6-3-4-7-17(16)23)24(12-5-13-28-2)22(27)21(18)26/h3-4,6-11,19,25H,5,12-13H2,1-2H3. The number of benzene rings is 2. The molecule has 5 nitrogen and oxygen atoms in total. The predicted octanol–water partition coefficient (Wildman–Crippen LogP) is 3.59. The van der Waals surface area contributed by atoms with E-state index < -0.39 is 23.5 Å². The zero-order valence-electron chi connectivity index (χ0n) is 15.8. The van der Waals surface area contributed by atoms with Crippen LogP contribution in [0.2, 0.25) is 0 Å². The lowest BCUT2D eigenvalue weighted by atomic mass is 9.94. The summed E-state index contributed by atoms with van der Waals surface area (Å²) in [7, 11) is 1.54. The van der Waals surface area contributed by atoms with Crippen molar-refractivity contribution in [2.75, 3.05) is 20.3 Å². The van der Waals surface area contributed by atoms with Gasteiger partial charge in [0, 0.05) is 31.4 Å². The molecule has 146 valence electrons. The molecule has 0 aliphatic carbocycles. The van der Waals surface area contributed by atoms with Gasteiger partial charge in [0.1, 0.15) is 11.6 Å². The third-order valence-corrected chi connectivity index (χ3v) is 4.81. The van der Waals surface area contributed by atoms with Gasteiger partial charge in [-0.25, -0.2) is 4.39 Å². The Labute approximate surface area is 163 Å². The summed E-state index contributed by atoms with van der Waals surface area (Å²) < 4.78 is 19.6. The fraction of sp³-hybridized carbons (Fsp3) is 0.273. The third-order valence-electron chi connectivity index (χ3n) is 4.81. The minimum Gasteiger partial charge on any atom is -0.507 e. The van der Waals surface area contributed by atoms with E-state index in [-0.39, 0.29) is 23.4 Å². The van der Waals surface area contributed by atoms with Crippen LogP contribution < -0.4 is 0 Å². The molecule has 0 saturated carbocycles. The molecule has 1 N–H and O–H groups in total. The van der Waals surface area contributed by atoms with Gasteiger partial charge in [-0.1, -0.05) is 48.0 Å². The van der Waals surface area contributed by atoms with Crippen molar-refractivity contribution < 1.29 is 23.8 Å². The van der Waals surface area contributed by atoms with E-state index >= 15 is 0 Å². The molecule has 0 aromatic heterocycles. The van der Waals surface area contributed by atoms with Crippen LogP contribution in [0.25, 0.3) is 5.76 Å². The van der Waals surface area contributed by atoms with E-state index in [1.54, 1.807) is 37.4 Å². The van der Waals surface area contributed by atoms with Crippen LogP contribution in [0.5, 0.6) is 0 Å². The van der Waals surface area contributed by atoms with E-state index in [0.717, 1.165) is 5.56 Å². The molecule has 1 atom stereocenters. The molecule has 1 amide bonds. The number of likely N-dealkylation sites (tertiary alicyclic amines) is 1. The summed E-state index contributed by atoms with van der Waals surface area (Å²) in [5.41, 5.74) is 1.47. The summed E-state index contributed by atoms with van der Waals surface area (Å²) in [6, 6.07) is 11.9. The van der Waals surface area contributed by atoms with Crippen LogP contribution in [0.15, 0.2) is 54.1 Å². The number of amides is 1. The third kappa shape index (κ3) is 3.68. The molecule has 0 spiro atoms. The first-order chi connectivity index (χ1) is 13.5. The highest BCUT2D eigenvalue weighted by Gasteiger charge is 2.46. The Hall–Kier alpha value is -2.99. The molecule has 6 heteroatoms. The molecule has 28 heavy (non-hydrogen) atoms. The zero-order chi connectivity index (χ0) is 20.3. The van der Waals surface area contributed by atoms with Crippen molar-refractivity contribution in [3.63, 3.8) is 0 Å². The largest absolute Gasteiger partial charge is 0.507 e.